The van der Waals surface area contributed by atoms with E-state index >= 15 is 0 Å². The molecule has 0 aliphatic rings. The average molecular weight is 228 g/mol. The summed E-state index contributed by atoms with van der Waals surface area (Å²) in [7, 11) is 0. The SMILES string of the molecule is O=C(NCc1ccc[n+]([O-])c1)c1ccccc1. The van der Waals surface area contributed by atoms with Gasteiger partial charge in [0.2, 0.25) is 0 Å². The van der Waals surface area contributed by atoms with Gasteiger partial charge < -0.3 is 10.5 Å². The van der Waals surface area contributed by atoms with Gasteiger partial charge in [-0.25, -0.2) is 0 Å². The third-order valence-corrected chi connectivity index (χ3v) is 2.33. The minimum atomic E-state index is -0.146. The first-order valence-corrected chi connectivity index (χ1v) is 5.26. The Bertz CT molecular complexity index is 512. The zero-order valence-electron chi connectivity index (χ0n) is 9.17. The van der Waals surface area contributed by atoms with Crippen LogP contribution in [0.4, 0.5) is 0 Å². The molecule has 0 unspecified atom stereocenters. The fourth-order valence-electron chi connectivity index (χ4n) is 1.48. The Morgan fingerprint density at radius 3 is 2.65 bits per heavy atom. The Hall–Kier alpha value is -2.36. The zero-order chi connectivity index (χ0) is 12.1. The molecule has 0 saturated carbocycles. The molecule has 4 nitrogen and oxygen atoms in total. The van der Waals surface area contributed by atoms with Crippen molar-refractivity contribution >= 4 is 5.91 Å². The van der Waals surface area contributed by atoms with E-state index in [0.717, 1.165) is 5.56 Å². The zero-order valence-corrected chi connectivity index (χ0v) is 9.17. The molecule has 86 valence electrons. The molecule has 0 radical (unpaired) electrons. The summed E-state index contributed by atoms with van der Waals surface area (Å²) in [6, 6.07) is 12.4. The van der Waals surface area contributed by atoms with Crippen molar-refractivity contribution < 1.29 is 9.52 Å². The Kier molecular flexibility index (Phi) is 3.35. The van der Waals surface area contributed by atoms with Gasteiger partial charge in [-0.1, -0.05) is 18.2 Å². The second-order valence-corrected chi connectivity index (χ2v) is 3.62. The van der Waals surface area contributed by atoms with Gasteiger partial charge in [0.05, 0.1) is 0 Å². The van der Waals surface area contributed by atoms with Crippen molar-refractivity contribution in [2.24, 2.45) is 0 Å². The van der Waals surface area contributed by atoms with E-state index in [-0.39, 0.29) is 5.91 Å². The van der Waals surface area contributed by atoms with Gasteiger partial charge in [0.15, 0.2) is 12.4 Å². The highest BCUT2D eigenvalue weighted by Gasteiger charge is 2.04. The molecule has 2 aromatic rings. The van der Waals surface area contributed by atoms with Crippen LogP contribution < -0.4 is 10.0 Å². The maximum Gasteiger partial charge on any atom is 0.251 e. The van der Waals surface area contributed by atoms with E-state index in [2.05, 4.69) is 5.32 Å². The Morgan fingerprint density at radius 1 is 1.18 bits per heavy atom. The van der Waals surface area contributed by atoms with Crippen molar-refractivity contribution in [2.45, 2.75) is 6.54 Å². The van der Waals surface area contributed by atoms with E-state index in [9.17, 15) is 10.0 Å². The smallest absolute Gasteiger partial charge is 0.251 e. The van der Waals surface area contributed by atoms with Crippen LogP contribution in [0.15, 0.2) is 54.9 Å². The predicted molar refractivity (Wildman–Crippen MR) is 63.0 cm³/mol. The number of nitrogens with one attached hydrogen (secondary N) is 1. The van der Waals surface area contributed by atoms with E-state index < -0.39 is 0 Å². The van der Waals surface area contributed by atoms with Gasteiger partial charge in [-0.3, -0.25) is 4.79 Å². The molecular weight excluding hydrogens is 216 g/mol. The second-order valence-electron chi connectivity index (χ2n) is 3.62. The quantitative estimate of drug-likeness (QED) is 0.635. The summed E-state index contributed by atoms with van der Waals surface area (Å²) >= 11 is 0. The summed E-state index contributed by atoms with van der Waals surface area (Å²) in [6.45, 7) is 0.344. The van der Waals surface area contributed by atoms with Gasteiger partial charge in [0.1, 0.15) is 0 Å². The van der Waals surface area contributed by atoms with Crippen LogP contribution in [0, 0.1) is 5.21 Å². The highest BCUT2D eigenvalue weighted by Crippen LogP contribution is 1.99. The summed E-state index contributed by atoms with van der Waals surface area (Å²) in [5, 5.41) is 13.8. The molecule has 1 amide bonds. The number of hydrogen-bond donors (Lipinski definition) is 1. The number of rotatable bonds is 3. The number of carbonyl (C=O) groups excluding carboxylic acids is 1. The van der Waals surface area contributed by atoms with Crippen molar-refractivity contribution in [2.75, 3.05) is 0 Å². The first-order chi connectivity index (χ1) is 8.25. The average Bonchev–Trinajstić information content (AvgIpc) is 2.37. The number of benzene rings is 1. The van der Waals surface area contributed by atoms with E-state index in [1.54, 1.807) is 24.3 Å². The molecule has 0 bridgehead atoms. The number of carbonyl (C=O) groups is 1. The number of aromatic nitrogens is 1. The molecule has 1 aromatic heterocycles. The highest BCUT2D eigenvalue weighted by atomic mass is 16.5. The van der Waals surface area contributed by atoms with Crippen molar-refractivity contribution in [1.29, 1.82) is 0 Å². The molecule has 0 aliphatic carbocycles. The monoisotopic (exact) mass is 228 g/mol. The van der Waals surface area contributed by atoms with E-state index in [1.807, 2.05) is 18.2 Å². The summed E-state index contributed by atoms with van der Waals surface area (Å²) in [6.07, 6.45) is 2.84. The summed E-state index contributed by atoms with van der Waals surface area (Å²) in [5.74, 6) is -0.146. The van der Waals surface area contributed by atoms with Crippen LogP contribution in [0.2, 0.25) is 0 Å². The van der Waals surface area contributed by atoms with Gasteiger partial charge in [0.25, 0.3) is 5.91 Å². The molecular formula is C13H12N2O2. The lowest BCUT2D eigenvalue weighted by Gasteiger charge is -2.04. The van der Waals surface area contributed by atoms with Crippen LogP contribution >= 0.6 is 0 Å². The lowest BCUT2D eigenvalue weighted by atomic mass is 10.2. The minimum Gasteiger partial charge on any atom is -0.619 e. The van der Waals surface area contributed by atoms with E-state index in [0.29, 0.717) is 16.8 Å². The largest absolute Gasteiger partial charge is 0.619 e. The van der Waals surface area contributed by atoms with Crippen LogP contribution in [0.25, 0.3) is 0 Å². The molecule has 0 saturated heterocycles. The Labute approximate surface area is 99.1 Å². The maximum absolute atomic E-state index is 11.7. The van der Waals surface area contributed by atoms with Crippen LogP contribution in [0.1, 0.15) is 15.9 Å². The summed E-state index contributed by atoms with van der Waals surface area (Å²) < 4.78 is 0.712. The number of amides is 1. The molecule has 0 aliphatic heterocycles. The number of hydrogen-bond acceptors (Lipinski definition) is 2. The molecule has 1 heterocycles. The molecule has 1 N–H and O–H groups in total. The minimum absolute atomic E-state index is 0.146. The van der Waals surface area contributed by atoms with Gasteiger partial charge in [-0.05, 0) is 18.2 Å². The molecule has 1 aromatic carbocycles. The van der Waals surface area contributed by atoms with Gasteiger partial charge in [-0.2, -0.15) is 4.73 Å². The van der Waals surface area contributed by atoms with Crippen LogP contribution in [-0.2, 0) is 6.54 Å². The summed E-state index contributed by atoms with van der Waals surface area (Å²) in [4.78, 5) is 11.7. The standard InChI is InChI=1S/C13H12N2O2/c16-13(12-6-2-1-3-7-12)14-9-11-5-4-8-15(17)10-11/h1-8,10H,9H2,(H,14,16). The van der Waals surface area contributed by atoms with E-state index in [4.69, 9.17) is 0 Å². The van der Waals surface area contributed by atoms with Gasteiger partial charge in [0, 0.05) is 23.7 Å². The Morgan fingerprint density at radius 2 is 1.94 bits per heavy atom. The fourth-order valence-corrected chi connectivity index (χ4v) is 1.48. The number of nitrogens with zero attached hydrogens (tertiary/aromatic N) is 1. The van der Waals surface area contributed by atoms with Crippen LogP contribution in [0.5, 0.6) is 0 Å². The van der Waals surface area contributed by atoms with Crippen molar-refractivity contribution in [3.05, 3.63) is 71.2 Å². The lowest BCUT2D eigenvalue weighted by molar-refractivity contribution is -0.605. The third-order valence-electron chi connectivity index (χ3n) is 2.33. The van der Waals surface area contributed by atoms with Crippen LogP contribution in [-0.4, -0.2) is 5.91 Å². The second kappa shape index (κ2) is 5.12. The third kappa shape index (κ3) is 3.04. The first kappa shape index (κ1) is 11.1. The van der Waals surface area contributed by atoms with Crippen molar-refractivity contribution in [3.8, 4) is 0 Å². The molecule has 2 rings (SSSR count). The summed E-state index contributed by atoms with van der Waals surface area (Å²) in [5.41, 5.74) is 1.38. The van der Waals surface area contributed by atoms with Gasteiger partial charge >= 0.3 is 0 Å². The molecule has 0 atom stereocenters. The van der Waals surface area contributed by atoms with E-state index in [1.165, 1.54) is 12.4 Å². The molecule has 4 heteroatoms. The molecule has 0 spiro atoms. The molecule has 17 heavy (non-hydrogen) atoms. The van der Waals surface area contributed by atoms with Crippen LogP contribution in [0.3, 0.4) is 0 Å². The molecule has 0 fully saturated rings. The normalized spacial score (nSPS) is 9.88. The fraction of sp³-hybridized carbons (Fsp3) is 0.0769. The van der Waals surface area contributed by atoms with Crippen molar-refractivity contribution in [1.82, 2.24) is 5.32 Å². The lowest BCUT2D eigenvalue weighted by Crippen LogP contribution is -2.28. The Balaban J connectivity index is 1.97. The first-order valence-electron chi connectivity index (χ1n) is 5.26. The predicted octanol–water partition coefficient (Wildman–Crippen LogP) is 1.25. The maximum atomic E-state index is 11.7. The number of pyridine rings is 1. The topological polar surface area (TPSA) is 56.0 Å². The highest BCUT2D eigenvalue weighted by molar-refractivity contribution is 5.94. The van der Waals surface area contributed by atoms with Gasteiger partial charge in [-0.15, -0.1) is 0 Å². The van der Waals surface area contributed by atoms with Crippen molar-refractivity contribution in [3.63, 3.8) is 0 Å².